The SMILES string of the molecule is C[C@@H]1CCc2c(cnc3c(C(=O)NC[C@H](C)c4ccccc4)cnn23)C1. The summed E-state index contributed by atoms with van der Waals surface area (Å²) in [4.78, 5) is 17.2. The van der Waals surface area contributed by atoms with E-state index in [1.54, 1.807) is 6.20 Å². The summed E-state index contributed by atoms with van der Waals surface area (Å²) in [5.74, 6) is 0.822. The summed E-state index contributed by atoms with van der Waals surface area (Å²) in [5.41, 5.74) is 4.87. The lowest BCUT2D eigenvalue weighted by Gasteiger charge is -2.21. The molecule has 4 rings (SSSR count). The van der Waals surface area contributed by atoms with Gasteiger partial charge in [-0.3, -0.25) is 4.79 Å². The van der Waals surface area contributed by atoms with E-state index in [4.69, 9.17) is 0 Å². The zero-order valence-electron chi connectivity index (χ0n) is 15.3. The molecule has 1 N–H and O–H groups in total. The molecule has 5 heteroatoms. The van der Waals surface area contributed by atoms with Crippen LogP contribution in [0.5, 0.6) is 0 Å². The number of hydrogen-bond donors (Lipinski definition) is 1. The molecule has 1 aliphatic rings. The van der Waals surface area contributed by atoms with Crippen LogP contribution < -0.4 is 5.32 Å². The van der Waals surface area contributed by atoms with Gasteiger partial charge in [0, 0.05) is 18.4 Å². The lowest BCUT2D eigenvalue weighted by molar-refractivity contribution is 0.0953. The molecule has 0 saturated carbocycles. The Morgan fingerprint density at radius 2 is 2.12 bits per heavy atom. The number of aryl methyl sites for hydroxylation is 1. The molecule has 5 nitrogen and oxygen atoms in total. The van der Waals surface area contributed by atoms with E-state index in [9.17, 15) is 4.79 Å². The number of carbonyl (C=O) groups is 1. The van der Waals surface area contributed by atoms with Gasteiger partial charge in [-0.2, -0.15) is 5.10 Å². The van der Waals surface area contributed by atoms with Gasteiger partial charge in [0.25, 0.3) is 5.91 Å². The molecular weight excluding hydrogens is 324 g/mol. The van der Waals surface area contributed by atoms with Crippen molar-refractivity contribution in [3.05, 3.63) is 65.1 Å². The number of rotatable bonds is 4. The van der Waals surface area contributed by atoms with Crippen molar-refractivity contribution in [1.29, 1.82) is 0 Å². The van der Waals surface area contributed by atoms with Gasteiger partial charge in [0.05, 0.1) is 6.20 Å². The number of nitrogens with one attached hydrogen (secondary N) is 1. The topological polar surface area (TPSA) is 59.3 Å². The molecule has 1 amide bonds. The number of benzene rings is 1. The minimum Gasteiger partial charge on any atom is -0.351 e. The summed E-state index contributed by atoms with van der Waals surface area (Å²) in [6.07, 6.45) is 6.74. The van der Waals surface area contributed by atoms with Gasteiger partial charge in [-0.05, 0) is 42.2 Å². The summed E-state index contributed by atoms with van der Waals surface area (Å²) >= 11 is 0. The normalized spacial score (nSPS) is 17.7. The molecule has 2 atom stereocenters. The lowest BCUT2D eigenvalue weighted by Crippen LogP contribution is -2.27. The van der Waals surface area contributed by atoms with Gasteiger partial charge in [-0.25, -0.2) is 9.50 Å². The second-order valence-corrected chi connectivity index (χ2v) is 7.39. The largest absolute Gasteiger partial charge is 0.351 e. The molecule has 2 aromatic heterocycles. The first-order chi connectivity index (χ1) is 12.6. The number of aromatic nitrogens is 3. The first-order valence-electron chi connectivity index (χ1n) is 9.31. The maximum absolute atomic E-state index is 12.7. The molecule has 1 aliphatic carbocycles. The van der Waals surface area contributed by atoms with Crippen LogP contribution in [0.4, 0.5) is 0 Å². The van der Waals surface area contributed by atoms with Crippen LogP contribution in [0.1, 0.15) is 53.4 Å². The van der Waals surface area contributed by atoms with Crippen molar-refractivity contribution < 1.29 is 4.79 Å². The van der Waals surface area contributed by atoms with Crippen LogP contribution in [-0.4, -0.2) is 27.0 Å². The van der Waals surface area contributed by atoms with Crippen LogP contribution in [0, 0.1) is 5.92 Å². The standard InChI is InChI=1S/C21H24N4O/c1-14-8-9-19-17(10-14)12-22-20-18(13-24-25(19)20)21(26)23-11-15(2)16-6-4-3-5-7-16/h3-7,12-15H,8-11H2,1-2H3,(H,23,26)/t14-,15+/m1/s1. The maximum Gasteiger partial charge on any atom is 0.256 e. The molecule has 0 aliphatic heterocycles. The van der Waals surface area contributed by atoms with Crippen molar-refractivity contribution >= 4 is 11.6 Å². The Kier molecular flexibility index (Phi) is 4.45. The third-order valence-corrected chi connectivity index (χ3v) is 5.34. The summed E-state index contributed by atoms with van der Waals surface area (Å²) in [6.45, 7) is 4.97. The molecule has 1 aromatic carbocycles. The number of fused-ring (bicyclic) bond motifs is 3. The lowest BCUT2D eigenvalue weighted by atomic mass is 9.89. The smallest absolute Gasteiger partial charge is 0.256 e. The van der Waals surface area contributed by atoms with Crippen LogP contribution >= 0.6 is 0 Å². The fraction of sp³-hybridized carbons (Fsp3) is 0.381. The van der Waals surface area contributed by atoms with E-state index < -0.39 is 0 Å². The van der Waals surface area contributed by atoms with E-state index in [1.807, 2.05) is 28.9 Å². The Balaban J connectivity index is 1.52. The highest BCUT2D eigenvalue weighted by Gasteiger charge is 2.22. The predicted octanol–water partition coefficient (Wildman–Crippen LogP) is 3.39. The Bertz CT molecular complexity index is 932. The van der Waals surface area contributed by atoms with Crippen molar-refractivity contribution in [2.24, 2.45) is 5.92 Å². The van der Waals surface area contributed by atoms with Crippen molar-refractivity contribution in [1.82, 2.24) is 19.9 Å². The molecule has 0 bridgehead atoms. The van der Waals surface area contributed by atoms with Crippen LogP contribution in [0.15, 0.2) is 42.7 Å². The second kappa shape index (κ2) is 6.90. The molecule has 0 spiro atoms. The minimum absolute atomic E-state index is 0.112. The van der Waals surface area contributed by atoms with E-state index in [0.717, 1.165) is 19.3 Å². The Morgan fingerprint density at radius 1 is 1.31 bits per heavy atom. The summed E-state index contributed by atoms with van der Waals surface area (Å²) in [7, 11) is 0. The highest BCUT2D eigenvalue weighted by atomic mass is 16.1. The molecule has 0 saturated heterocycles. The van der Waals surface area contributed by atoms with Crippen molar-refractivity contribution in [3.63, 3.8) is 0 Å². The highest BCUT2D eigenvalue weighted by Crippen LogP contribution is 2.25. The first kappa shape index (κ1) is 16.8. The van der Waals surface area contributed by atoms with E-state index in [2.05, 4.69) is 41.4 Å². The van der Waals surface area contributed by atoms with Gasteiger partial charge in [0.2, 0.25) is 0 Å². The van der Waals surface area contributed by atoms with Gasteiger partial charge in [0.15, 0.2) is 5.65 Å². The van der Waals surface area contributed by atoms with E-state index in [0.29, 0.717) is 23.7 Å². The van der Waals surface area contributed by atoms with Crippen molar-refractivity contribution in [2.45, 2.75) is 39.0 Å². The molecule has 2 heterocycles. The fourth-order valence-corrected chi connectivity index (χ4v) is 3.71. The zero-order chi connectivity index (χ0) is 18.1. The summed E-state index contributed by atoms with van der Waals surface area (Å²) in [6, 6.07) is 10.2. The highest BCUT2D eigenvalue weighted by molar-refractivity contribution is 5.99. The third kappa shape index (κ3) is 3.09. The van der Waals surface area contributed by atoms with E-state index in [-0.39, 0.29) is 11.8 Å². The zero-order valence-corrected chi connectivity index (χ0v) is 15.3. The van der Waals surface area contributed by atoms with Gasteiger partial charge < -0.3 is 5.32 Å². The second-order valence-electron chi connectivity index (χ2n) is 7.39. The van der Waals surface area contributed by atoms with Gasteiger partial charge >= 0.3 is 0 Å². The number of hydrogen-bond acceptors (Lipinski definition) is 3. The molecular formula is C21H24N4O. The van der Waals surface area contributed by atoms with Gasteiger partial charge in [-0.1, -0.05) is 44.2 Å². The van der Waals surface area contributed by atoms with Crippen LogP contribution in [0.25, 0.3) is 5.65 Å². The number of carbonyl (C=O) groups excluding carboxylic acids is 1. The molecule has 134 valence electrons. The monoisotopic (exact) mass is 348 g/mol. The average Bonchev–Trinajstić information content (AvgIpc) is 3.10. The van der Waals surface area contributed by atoms with Gasteiger partial charge in [0.1, 0.15) is 5.56 Å². The molecule has 0 fully saturated rings. The van der Waals surface area contributed by atoms with Crippen LogP contribution in [0.3, 0.4) is 0 Å². The third-order valence-electron chi connectivity index (χ3n) is 5.34. The van der Waals surface area contributed by atoms with Crippen molar-refractivity contribution in [2.75, 3.05) is 6.54 Å². The Morgan fingerprint density at radius 3 is 2.92 bits per heavy atom. The Labute approximate surface area is 153 Å². The van der Waals surface area contributed by atoms with Crippen LogP contribution in [0.2, 0.25) is 0 Å². The molecule has 0 unspecified atom stereocenters. The maximum atomic E-state index is 12.7. The Hall–Kier alpha value is -2.69. The average molecular weight is 348 g/mol. The van der Waals surface area contributed by atoms with Crippen molar-refractivity contribution in [3.8, 4) is 0 Å². The molecule has 0 radical (unpaired) electrons. The fourth-order valence-electron chi connectivity index (χ4n) is 3.71. The quantitative estimate of drug-likeness (QED) is 0.786. The first-order valence-corrected chi connectivity index (χ1v) is 9.31. The summed E-state index contributed by atoms with van der Waals surface area (Å²) in [5, 5.41) is 7.49. The summed E-state index contributed by atoms with van der Waals surface area (Å²) < 4.78 is 1.86. The predicted molar refractivity (Wildman–Crippen MR) is 101 cm³/mol. The number of amides is 1. The molecule has 26 heavy (non-hydrogen) atoms. The molecule has 3 aromatic rings. The van der Waals surface area contributed by atoms with E-state index >= 15 is 0 Å². The number of nitrogens with zero attached hydrogens (tertiary/aromatic N) is 3. The van der Waals surface area contributed by atoms with Gasteiger partial charge in [-0.15, -0.1) is 0 Å². The van der Waals surface area contributed by atoms with E-state index in [1.165, 1.54) is 16.8 Å². The minimum atomic E-state index is -0.112. The van der Waals surface area contributed by atoms with Crippen LogP contribution in [-0.2, 0) is 12.8 Å².